The highest BCUT2D eigenvalue weighted by Crippen LogP contribution is 2.09. The van der Waals surface area contributed by atoms with Crippen LogP contribution in [0.25, 0.3) is 0 Å². The SMILES string of the molecule is CC(O)Cn1c(C(=O)NCCN(C)C(=O)O)ccc(C(=O)NCc2ccc(Cl)cc2)c1=O. The summed E-state index contributed by atoms with van der Waals surface area (Å²) in [4.78, 5) is 49.8. The minimum absolute atomic E-state index is 0.0217. The van der Waals surface area contributed by atoms with Crippen molar-refractivity contribution in [1.82, 2.24) is 20.1 Å². The molecule has 4 N–H and O–H groups in total. The first-order valence-corrected chi connectivity index (χ1v) is 10.1. The number of benzene rings is 1. The molecule has 1 heterocycles. The summed E-state index contributed by atoms with van der Waals surface area (Å²) in [6.07, 6.45) is -2.09. The molecule has 10 nitrogen and oxygen atoms in total. The zero-order chi connectivity index (χ0) is 23.8. The van der Waals surface area contributed by atoms with Gasteiger partial charge in [-0.15, -0.1) is 0 Å². The fourth-order valence-corrected chi connectivity index (χ4v) is 2.92. The number of nitrogens with one attached hydrogen (secondary N) is 2. The molecule has 2 rings (SSSR count). The molecule has 0 aliphatic rings. The third kappa shape index (κ3) is 6.82. The summed E-state index contributed by atoms with van der Waals surface area (Å²) in [6, 6.07) is 9.40. The molecule has 0 aliphatic carbocycles. The Kier molecular flexibility index (Phi) is 8.80. The van der Waals surface area contributed by atoms with Crippen molar-refractivity contribution in [2.45, 2.75) is 26.1 Å². The summed E-state index contributed by atoms with van der Waals surface area (Å²) < 4.78 is 1.03. The average molecular weight is 465 g/mol. The van der Waals surface area contributed by atoms with E-state index in [9.17, 15) is 24.3 Å². The number of aliphatic hydroxyl groups excluding tert-OH is 1. The van der Waals surface area contributed by atoms with Crippen molar-refractivity contribution in [3.05, 3.63) is 68.6 Å². The van der Waals surface area contributed by atoms with Crippen LogP contribution in [0.4, 0.5) is 4.79 Å². The molecule has 0 spiro atoms. The molecule has 0 bridgehead atoms. The van der Waals surface area contributed by atoms with E-state index in [1.54, 1.807) is 24.3 Å². The van der Waals surface area contributed by atoms with Crippen LogP contribution in [0.1, 0.15) is 33.3 Å². The standard InChI is InChI=1S/C21H25ClN4O6/c1-13(27)12-26-17(19(29)23-9-10-25(2)21(31)32)8-7-16(20(26)30)18(28)24-11-14-3-5-15(22)6-4-14/h3-8,13,27H,9-12H2,1-2H3,(H,23,29)(H,24,28)(H,31,32). The molecule has 0 aliphatic heterocycles. The number of likely N-dealkylation sites (N-methyl/N-ethyl adjacent to an activating group) is 1. The lowest BCUT2D eigenvalue weighted by Gasteiger charge is -2.17. The van der Waals surface area contributed by atoms with Crippen LogP contribution in [0.5, 0.6) is 0 Å². The molecular formula is C21H25ClN4O6. The first-order chi connectivity index (χ1) is 15.1. The fraction of sp³-hybridized carbons (Fsp3) is 0.333. The van der Waals surface area contributed by atoms with Gasteiger partial charge in [0.05, 0.1) is 12.6 Å². The summed E-state index contributed by atoms with van der Waals surface area (Å²) in [6.45, 7) is 1.49. The predicted molar refractivity (Wildman–Crippen MR) is 118 cm³/mol. The number of nitrogens with zero attached hydrogens (tertiary/aromatic N) is 2. The van der Waals surface area contributed by atoms with E-state index >= 15 is 0 Å². The van der Waals surface area contributed by atoms with E-state index in [0.29, 0.717) is 5.02 Å². The van der Waals surface area contributed by atoms with Crippen LogP contribution in [0.3, 0.4) is 0 Å². The summed E-state index contributed by atoms with van der Waals surface area (Å²) in [5.41, 5.74) is -0.172. The maximum atomic E-state index is 12.9. The Morgan fingerprint density at radius 3 is 2.34 bits per heavy atom. The molecule has 3 amide bonds. The Morgan fingerprint density at radius 2 is 1.75 bits per heavy atom. The van der Waals surface area contributed by atoms with Crippen molar-refractivity contribution in [2.75, 3.05) is 20.1 Å². The van der Waals surface area contributed by atoms with Gasteiger partial charge in [-0.2, -0.15) is 0 Å². The number of aromatic nitrogens is 1. The molecule has 1 atom stereocenters. The summed E-state index contributed by atoms with van der Waals surface area (Å²) in [7, 11) is 1.36. The van der Waals surface area contributed by atoms with Gasteiger partial charge in [-0.1, -0.05) is 23.7 Å². The predicted octanol–water partition coefficient (Wildman–Crippen LogP) is 1.15. The van der Waals surface area contributed by atoms with Crippen LogP contribution < -0.4 is 16.2 Å². The molecule has 0 saturated heterocycles. The van der Waals surface area contributed by atoms with Gasteiger partial charge in [0.2, 0.25) is 0 Å². The largest absolute Gasteiger partial charge is 0.465 e. The van der Waals surface area contributed by atoms with Crippen LogP contribution in [0, 0.1) is 0 Å². The third-order valence-electron chi connectivity index (χ3n) is 4.52. The Labute approximate surface area is 189 Å². The molecule has 1 aromatic carbocycles. The number of rotatable bonds is 9. The number of carboxylic acid groups (broad SMARTS) is 1. The van der Waals surface area contributed by atoms with Crippen LogP contribution in [-0.2, 0) is 13.1 Å². The van der Waals surface area contributed by atoms with Gasteiger partial charge in [-0.25, -0.2) is 4.79 Å². The summed E-state index contributed by atoms with van der Waals surface area (Å²) in [5, 5.41) is 24.4. The minimum atomic E-state index is -1.14. The average Bonchev–Trinajstić information content (AvgIpc) is 2.73. The number of carbonyl (C=O) groups is 3. The quantitative estimate of drug-likeness (QED) is 0.438. The maximum absolute atomic E-state index is 12.9. The van der Waals surface area contributed by atoms with E-state index in [0.717, 1.165) is 15.0 Å². The van der Waals surface area contributed by atoms with Crippen molar-refractivity contribution >= 4 is 29.5 Å². The van der Waals surface area contributed by atoms with Gasteiger partial charge >= 0.3 is 6.09 Å². The molecule has 1 unspecified atom stereocenters. The Hall–Kier alpha value is -3.37. The van der Waals surface area contributed by atoms with E-state index in [4.69, 9.17) is 16.7 Å². The summed E-state index contributed by atoms with van der Waals surface area (Å²) >= 11 is 5.84. The molecule has 32 heavy (non-hydrogen) atoms. The van der Waals surface area contributed by atoms with Gasteiger partial charge in [-0.3, -0.25) is 14.4 Å². The number of halogens is 1. The highest BCUT2D eigenvalue weighted by Gasteiger charge is 2.20. The lowest BCUT2D eigenvalue weighted by atomic mass is 10.2. The number of pyridine rings is 1. The Balaban J connectivity index is 2.19. The number of hydrogen-bond acceptors (Lipinski definition) is 5. The Bertz CT molecular complexity index is 1040. The second-order valence-electron chi connectivity index (χ2n) is 7.17. The van der Waals surface area contributed by atoms with Gasteiger partial charge in [0.15, 0.2) is 0 Å². The first kappa shape index (κ1) is 24.9. The van der Waals surface area contributed by atoms with E-state index in [1.807, 2.05) is 0 Å². The van der Waals surface area contributed by atoms with Gasteiger partial charge in [0, 0.05) is 31.7 Å². The van der Waals surface area contributed by atoms with Gasteiger partial charge in [-0.05, 0) is 36.8 Å². The number of amides is 3. The second-order valence-corrected chi connectivity index (χ2v) is 7.60. The Morgan fingerprint density at radius 1 is 1.09 bits per heavy atom. The lowest BCUT2D eigenvalue weighted by Crippen LogP contribution is -2.40. The van der Waals surface area contributed by atoms with Gasteiger partial charge in [0.1, 0.15) is 11.3 Å². The van der Waals surface area contributed by atoms with Crippen molar-refractivity contribution in [2.24, 2.45) is 0 Å². The van der Waals surface area contributed by atoms with E-state index < -0.39 is 29.6 Å². The molecular weight excluding hydrogens is 440 g/mol. The first-order valence-electron chi connectivity index (χ1n) is 9.77. The van der Waals surface area contributed by atoms with Crippen molar-refractivity contribution in [3.8, 4) is 0 Å². The van der Waals surface area contributed by atoms with Crippen molar-refractivity contribution < 1.29 is 24.6 Å². The summed E-state index contributed by atoms with van der Waals surface area (Å²) in [5.74, 6) is -1.26. The lowest BCUT2D eigenvalue weighted by molar-refractivity contribution is 0.0920. The van der Waals surface area contributed by atoms with Crippen LogP contribution in [-0.4, -0.2) is 63.8 Å². The topological polar surface area (TPSA) is 141 Å². The van der Waals surface area contributed by atoms with Gasteiger partial charge in [0.25, 0.3) is 17.4 Å². The van der Waals surface area contributed by atoms with Crippen molar-refractivity contribution in [1.29, 1.82) is 0 Å². The van der Waals surface area contributed by atoms with Crippen LogP contribution in [0.15, 0.2) is 41.2 Å². The zero-order valence-corrected chi connectivity index (χ0v) is 18.4. The molecule has 1 aromatic heterocycles. The second kappa shape index (κ2) is 11.3. The zero-order valence-electron chi connectivity index (χ0n) is 17.7. The maximum Gasteiger partial charge on any atom is 0.407 e. The molecule has 11 heteroatoms. The van der Waals surface area contributed by atoms with Crippen molar-refractivity contribution in [3.63, 3.8) is 0 Å². The van der Waals surface area contributed by atoms with E-state index in [-0.39, 0.29) is 37.4 Å². The van der Waals surface area contributed by atoms with Gasteiger partial charge < -0.3 is 30.3 Å². The third-order valence-corrected chi connectivity index (χ3v) is 4.78. The molecule has 2 aromatic rings. The number of hydrogen-bond donors (Lipinski definition) is 4. The fourth-order valence-electron chi connectivity index (χ4n) is 2.80. The van der Waals surface area contributed by atoms with E-state index in [1.165, 1.54) is 26.1 Å². The smallest absolute Gasteiger partial charge is 0.407 e. The molecule has 0 fully saturated rings. The molecule has 0 saturated carbocycles. The normalized spacial score (nSPS) is 11.5. The minimum Gasteiger partial charge on any atom is -0.465 e. The highest BCUT2D eigenvalue weighted by molar-refractivity contribution is 6.30. The van der Waals surface area contributed by atoms with E-state index in [2.05, 4.69) is 10.6 Å². The molecule has 172 valence electrons. The van der Waals surface area contributed by atoms with Crippen LogP contribution in [0.2, 0.25) is 5.02 Å². The number of carbonyl (C=O) groups excluding carboxylic acids is 2. The number of aliphatic hydroxyl groups is 1. The highest BCUT2D eigenvalue weighted by atomic mass is 35.5. The molecule has 0 radical (unpaired) electrons. The van der Waals surface area contributed by atoms with Crippen LogP contribution >= 0.6 is 11.6 Å². The monoisotopic (exact) mass is 464 g/mol.